The molecule has 8 heteroatoms. The van der Waals surface area contributed by atoms with E-state index in [4.69, 9.17) is 37.8 Å². The highest BCUT2D eigenvalue weighted by Gasteiger charge is 2.16. The number of rotatable bonds is 8. The molecule has 0 heterocycles. The number of nitrogens with one attached hydrogen (secondary N) is 1. The Bertz CT molecular complexity index is 1120. The Kier molecular flexibility index (Phi) is 7.70. The van der Waals surface area contributed by atoms with Gasteiger partial charge >= 0.3 is 5.97 Å². The third-order valence-electron chi connectivity index (χ3n) is 4.68. The fraction of sp³-hybridized carbons (Fsp3) is 0.174. The van der Waals surface area contributed by atoms with Crippen LogP contribution in [0.4, 0.5) is 5.69 Å². The smallest absolute Gasteiger partial charge is 0.335 e. The summed E-state index contributed by atoms with van der Waals surface area (Å²) in [6, 6.07) is 14.0. The maximum Gasteiger partial charge on any atom is 0.335 e. The van der Waals surface area contributed by atoms with Gasteiger partial charge in [0.15, 0.2) is 11.5 Å². The van der Waals surface area contributed by atoms with Crippen LogP contribution >= 0.6 is 39.1 Å². The van der Waals surface area contributed by atoms with Crippen molar-refractivity contribution in [3.05, 3.63) is 85.3 Å². The van der Waals surface area contributed by atoms with Crippen LogP contribution < -0.4 is 14.8 Å². The van der Waals surface area contributed by atoms with E-state index < -0.39 is 5.97 Å². The van der Waals surface area contributed by atoms with Crippen LogP contribution in [0.25, 0.3) is 0 Å². The van der Waals surface area contributed by atoms with Crippen molar-refractivity contribution in [2.45, 2.75) is 20.1 Å². The van der Waals surface area contributed by atoms with Crippen LogP contribution in [0.1, 0.15) is 27.0 Å². The van der Waals surface area contributed by atoms with Gasteiger partial charge in [0.2, 0.25) is 0 Å². The summed E-state index contributed by atoms with van der Waals surface area (Å²) >= 11 is 15.7. The number of methoxy groups -OCH3 is 1. The van der Waals surface area contributed by atoms with Gasteiger partial charge in [0.1, 0.15) is 6.61 Å². The van der Waals surface area contributed by atoms with E-state index in [1.807, 2.05) is 25.1 Å². The Balaban J connectivity index is 1.84. The second-order valence-electron chi connectivity index (χ2n) is 6.78. The number of carboxylic acid groups (broad SMARTS) is 1. The molecular weight excluding hydrogens is 505 g/mol. The number of anilines is 1. The maximum absolute atomic E-state index is 11.2. The number of hydrogen-bond donors (Lipinski definition) is 2. The molecule has 0 saturated heterocycles. The molecule has 162 valence electrons. The lowest BCUT2D eigenvalue weighted by Crippen LogP contribution is -2.07. The van der Waals surface area contributed by atoms with Crippen LogP contribution in [0, 0.1) is 6.92 Å². The molecule has 0 aliphatic rings. The molecule has 0 aliphatic heterocycles. The summed E-state index contributed by atoms with van der Waals surface area (Å²) in [4.78, 5) is 11.2. The second-order valence-corrected chi connectivity index (χ2v) is 8.45. The fourth-order valence-electron chi connectivity index (χ4n) is 3.03. The summed E-state index contributed by atoms with van der Waals surface area (Å²) in [5.74, 6) is 0.233. The minimum atomic E-state index is -0.955. The average Bonchev–Trinajstić information content (AvgIpc) is 2.74. The van der Waals surface area contributed by atoms with E-state index in [0.29, 0.717) is 28.1 Å². The van der Waals surface area contributed by atoms with Gasteiger partial charge in [0, 0.05) is 22.3 Å². The predicted molar refractivity (Wildman–Crippen MR) is 127 cm³/mol. The van der Waals surface area contributed by atoms with Crippen LogP contribution in [-0.4, -0.2) is 18.2 Å². The van der Waals surface area contributed by atoms with E-state index in [0.717, 1.165) is 26.9 Å². The number of carboxylic acids is 1. The quantitative estimate of drug-likeness (QED) is 0.333. The summed E-state index contributed by atoms with van der Waals surface area (Å²) in [6.45, 7) is 2.57. The molecule has 5 nitrogen and oxygen atoms in total. The van der Waals surface area contributed by atoms with Crippen molar-refractivity contribution >= 4 is 50.8 Å². The Morgan fingerprint density at radius 1 is 1.10 bits per heavy atom. The van der Waals surface area contributed by atoms with Gasteiger partial charge in [-0.05, 0) is 60.5 Å². The summed E-state index contributed by atoms with van der Waals surface area (Å²) in [7, 11) is 1.58. The molecule has 3 aromatic rings. The zero-order chi connectivity index (χ0) is 22.5. The molecule has 0 fully saturated rings. The van der Waals surface area contributed by atoms with Gasteiger partial charge in [-0.15, -0.1) is 0 Å². The summed E-state index contributed by atoms with van der Waals surface area (Å²) in [5, 5.41) is 13.4. The zero-order valence-electron chi connectivity index (χ0n) is 16.8. The Hall–Kier alpha value is -2.41. The monoisotopic (exact) mass is 523 g/mol. The highest BCUT2D eigenvalue weighted by atomic mass is 79.9. The van der Waals surface area contributed by atoms with Gasteiger partial charge in [-0.1, -0.05) is 45.2 Å². The lowest BCUT2D eigenvalue weighted by atomic mass is 10.1. The van der Waals surface area contributed by atoms with Crippen LogP contribution in [0.5, 0.6) is 11.5 Å². The largest absolute Gasteiger partial charge is 0.493 e. The van der Waals surface area contributed by atoms with Gasteiger partial charge in [0.05, 0.1) is 22.7 Å². The Morgan fingerprint density at radius 2 is 1.87 bits per heavy atom. The first kappa shape index (κ1) is 23.3. The molecule has 31 heavy (non-hydrogen) atoms. The summed E-state index contributed by atoms with van der Waals surface area (Å²) < 4.78 is 12.5. The molecular formula is C23H20BrCl2NO4. The minimum Gasteiger partial charge on any atom is -0.493 e. The van der Waals surface area contributed by atoms with Gasteiger partial charge in [-0.3, -0.25) is 0 Å². The van der Waals surface area contributed by atoms with E-state index in [1.165, 1.54) is 0 Å². The van der Waals surface area contributed by atoms with Gasteiger partial charge in [-0.25, -0.2) is 4.79 Å². The van der Waals surface area contributed by atoms with Gasteiger partial charge in [-0.2, -0.15) is 0 Å². The molecule has 3 rings (SSSR count). The molecule has 0 radical (unpaired) electrons. The normalized spacial score (nSPS) is 10.6. The van der Waals surface area contributed by atoms with Crippen molar-refractivity contribution < 1.29 is 19.4 Å². The van der Waals surface area contributed by atoms with Crippen LogP contribution in [0.2, 0.25) is 10.0 Å². The fourth-order valence-corrected chi connectivity index (χ4v) is 3.80. The SMILES string of the molecule is COc1ccc(Br)c(CNc2ccc(C(=O)O)cc2C)c1OCc1ccc(Cl)c(Cl)c1. The van der Waals surface area contributed by atoms with Crippen molar-refractivity contribution in [2.24, 2.45) is 0 Å². The van der Waals surface area contributed by atoms with Crippen LogP contribution in [0.3, 0.4) is 0 Å². The molecule has 3 aromatic carbocycles. The molecule has 0 aromatic heterocycles. The first-order valence-electron chi connectivity index (χ1n) is 9.30. The van der Waals surface area contributed by atoms with Crippen molar-refractivity contribution in [2.75, 3.05) is 12.4 Å². The van der Waals surface area contributed by atoms with E-state index in [2.05, 4.69) is 21.2 Å². The summed E-state index contributed by atoms with van der Waals surface area (Å²) in [5.41, 5.74) is 3.64. The number of aromatic carboxylic acids is 1. The maximum atomic E-state index is 11.2. The number of halogens is 3. The average molecular weight is 525 g/mol. The predicted octanol–water partition coefficient (Wildman–Crippen LogP) is 6.96. The molecule has 0 saturated carbocycles. The van der Waals surface area contributed by atoms with Crippen LogP contribution in [0.15, 0.2) is 53.0 Å². The Labute approximate surface area is 199 Å². The molecule has 2 N–H and O–H groups in total. The third-order valence-corrected chi connectivity index (χ3v) is 6.17. The van der Waals surface area contributed by atoms with Crippen molar-refractivity contribution in [1.82, 2.24) is 0 Å². The highest BCUT2D eigenvalue weighted by molar-refractivity contribution is 9.10. The van der Waals surface area contributed by atoms with E-state index >= 15 is 0 Å². The molecule has 0 amide bonds. The van der Waals surface area contributed by atoms with E-state index in [9.17, 15) is 4.79 Å². The first-order chi connectivity index (χ1) is 14.8. The Morgan fingerprint density at radius 3 is 2.52 bits per heavy atom. The molecule has 0 unspecified atom stereocenters. The highest BCUT2D eigenvalue weighted by Crippen LogP contribution is 2.37. The molecule has 0 spiro atoms. The summed E-state index contributed by atoms with van der Waals surface area (Å²) in [6.07, 6.45) is 0. The number of benzene rings is 3. The lowest BCUT2D eigenvalue weighted by Gasteiger charge is -2.18. The number of carbonyl (C=O) groups is 1. The van der Waals surface area contributed by atoms with Gasteiger partial charge < -0.3 is 19.9 Å². The van der Waals surface area contributed by atoms with E-state index in [-0.39, 0.29) is 12.2 Å². The van der Waals surface area contributed by atoms with Gasteiger partial charge in [0.25, 0.3) is 0 Å². The minimum absolute atomic E-state index is 0.247. The standard InChI is InChI=1S/C23H20BrCl2NO4/c1-13-9-15(23(28)29)4-7-20(13)27-11-16-17(24)5-8-21(30-2)22(16)31-12-14-3-6-18(25)19(26)10-14/h3-10,27H,11-12H2,1-2H3,(H,28,29). The molecule has 0 atom stereocenters. The molecule has 0 bridgehead atoms. The van der Waals surface area contributed by atoms with Crippen molar-refractivity contribution in [3.8, 4) is 11.5 Å². The number of aryl methyl sites for hydroxylation is 1. The number of ether oxygens (including phenoxy) is 2. The van der Waals surface area contributed by atoms with Crippen molar-refractivity contribution in [1.29, 1.82) is 0 Å². The zero-order valence-corrected chi connectivity index (χ0v) is 19.9. The lowest BCUT2D eigenvalue weighted by molar-refractivity contribution is 0.0697. The first-order valence-corrected chi connectivity index (χ1v) is 10.8. The third kappa shape index (κ3) is 5.64. The topological polar surface area (TPSA) is 67.8 Å². The number of hydrogen-bond acceptors (Lipinski definition) is 4. The van der Waals surface area contributed by atoms with Crippen molar-refractivity contribution in [3.63, 3.8) is 0 Å². The van der Waals surface area contributed by atoms with Crippen LogP contribution in [-0.2, 0) is 13.2 Å². The second kappa shape index (κ2) is 10.3. The molecule has 0 aliphatic carbocycles. The van der Waals surface area contributed by atoms with E-state index in [1.54, 1.807) is 37.4 Å².